The SMILES string of the molecule is c1cc(NCC2CC2)nc(C2COCCN2Cc2nccs2)n1. The Morgan fingerprint density at radius 2 is 2.26 bits per heavy atom. The van der Waals surface area contributed by atoms with Gasteiger partial charge in [-0.3, -0.25) is 4.90 Å². The summed E-state index contributed by atoms with van der Waals surface area (Å²) in [5.74, 6) is 2.58. The highest BCUT2D eigenvalue weighted by molar-refractivity contribution is 7.09. The van der Waals surface area contributed by atoms with Crippen molar-refractivity contribution in [1.82, 2.24) is 19.9 Å². The zero-order chi connectivity index (χ0) is 15.5. The lowest BCUT2D eigenvalue weighted by Crippen LogP contribution is -2.39. The fraction of sp³-hybridized carbons (Fsp3) is 0.562. The molecule has 3 heterocycles. The lowest BCUT2D eigenvalue weighted by molar-refractivity contribution is -0.0159. The molecule has 0 spiro atoms. The molecular formula is C16H21N5OS. The Kier molecular flexibility index (Phi) is 4.50. The number of hydrogen-bond acceptors (Lipinski definition) is 7. The molecule has 1 saturated heterocycles. The molecule has 6 nitrogen and oxygen atoms in total. The molecule has 1 N–H and O–H groups in total. The van der Waals surface area contributed by atoms with Crippen LogP contribution < -0.4 is 5.32 Å². The second-order valence-corrected chi connectivity index (χ2v) is 7.09. The normalized spacial score (nSPS) is 22.2. The van der Waals surface area contributed by atoms with Crippen LogP contribution in [0.15, 0.2) is 23.8 Å². The molecule has 2 fully saturated rings. The first-order valence-corrected chi connectivity index (χ1v) is 9.03. The number of nitrogens with zero attached hydrogens (tertiary/aromatic N) is 4. The van der Waals surface area contributed by atoms with Crippen molar-refractivity contribution in [1.29, 1.82) is 0 Å². The van der Waals surface area contributed by atoms with Gasteiger partial charge in [0, 0.05) is 30.9 Å². The zero-order valence-corrected chi connectivity index (χ0v) is 13.8. The quantitative estimate of drug-likeness (QED) is 0.876. The van der Waals surface area contributed by atoms with E-state index in [0.717, 1.165) is 48.8 Å². The van der Waals surface area contributed by atoms with Crippen molar-refractivity contribution in [3.05, 3.63) is 34.7 Å². The maximum Gasteiger partial charge on any atom is 0.150 e. The van der Waals surface area contributed by atoms with Crippen molar-refractivity contribution in [3.8, 4) is 0 Å². The zero-order valence-electron chi connectivity index (χ0n) is 13.0. The molecule has 2 aromatic heterocycles. The van der Waals surface area contributed by atoms with E-state index in [4.69, 9.17) is 9.72 Å². The van der Waals surface area contributed by atoms with E-state index >= 15 is 0 Å². The minimum absolute atomic E-state index is 0.0929. The molecule has 23 heavy (non-hydrogen) atoms. The predicted octanol–water partition coefficient (Wildman–Crippen LogP) is 2.33. The highest BCUT2D eigenvalue weighted by Gasteiger charge is 2.28. The van der Waals surface area contributed by atoms with Gasteiger partial charge in [-0.05, 0) is 24.8 Å². The van der Waals surface area contributed by atoms with Gasteiger partial charge >= 0.3 is 0 Å². The average molecular weight is 331 g/mol. The van der Waals surface area contributed by atoms with Gasteiger partial charge in [0.1, 0.15) is 16.6 Å². The van der Waals surface area contributed by atoms with Gasteiger partial charge in [-0.1, -0.05) is 0 Å². The first-order chi connectivity index (χ1) is 11.4. The van der Waals surface area contributed by atoms with Crippen LogP contribution in [-0.2, 0) is 11.3 Å². The highest BCUT2D eigenvalue weighted by Crippen LogP contribution is 2.29. The Bertz CT molecular complexity index is 631. The summed E-state index contributed by atoms with van der Waals surface area (Å²) in [5, 5.41) is 6.57. The van der Waals surface area contributed by atoms with Crippen molar-refractivity contribution >= 4 is 17.2 Å². The van der Waals surface area contributed by atoms with Gasteiger partial charge in [0.25, 0.3) is 0 Å². The summed E-state index contributed by atoms with van der Waals surface area (Å²) in [6.45, 7) is 4.11. The second kappa shape index (κ2) is 6.90. The number of thiazole rings is 1. The van der Waals surface area contributed by atoms with Crippen LogP contribution in [0.3, 0.4) is 0 Å². The first kappa shape index (κ1) is 15.0. The Morgan fingerprint density at radius 3 is 3.09 bits per heavy atom. The van der Waals surface area contributed by atoms with Crippen molar-refractivity contribution < 1.29 is 4.74 Å². The fourth-order valence-corrected chi connectivity index (χ4v) is 3.41. The van der Waals surface area contributed by atoms with Gasteiger partial charge in [0.15, 0.2) is 0 Å². The van der Waals surface area contributed by atoms with Crippen LogP contribution in [-0.4, -0.2) is 46.2 Å². The van der Waals surface area contributed by atoms with Crippen molar-refractivity contribution in [2.45, 2.75) is 25.4 Å². The van der Waals surface area contributed by atoms with Crippen LogP contribution in [0.4, 0.5) is 5.82 Å². The lowest BCUT2D eigenvalue weighted by atomic mass is 10.2. The minimum Gasteiger partial charge on any atom is -0.378 e. The fourth-order valence-electron chi connectivity index (χ4n) is 2.77. The van der Waals surface area contributed by atoms with E-state index in [2.05, 4.69) is 20.2 Å². The van der Waals surface area contributed by atoms with E-state index in [1.54, 1.807) is 11.3 Å². The molecule has 7 heteroatoms. The van der Waals surface area contributed by atoms with E-state index in [1.807, 2.05) is 23.8 Å². The summed E-state index contributed by atoms with van der Waals surface area (Å²) in [7, 11) is 0. The van der Waals surface area contributed by atoms with Crippen molar-refractivity contribution in [2.24, 2.45) is 5.92 Å². The van der Waals surface area contributed by atoms with Crippen LogP contribution in [0.1, 0.15) is 29.7 Å². The standard InChI is InChI=1S/C16H21N5OS/c1-2-12(1)9-19-14-3-4-18-16(20-14)13-11-22-7-6-21(13)10-15-17-5-8-23-15/h3-5,8,12-13H,1-2,6-7,9-11H2,(H,18,19,20). The Labute approximate surface area is 139 Å². The van der Waals surface area contributed by atoms with Crippen molar-refractivity contribution in [3.63, 3.8) is 0 Å². The van der Waals surface area contributed by atoms with E-state index < -0.39 is 0 Å². The molecular weight excluding hydrogens is 310 g/mol. The van der Waals surface area contributed by atoms with Gasteiger partial charge < -0.3 is 10.1 Å². The number of nitrogens with one attached hydrogen (secondary N) is 1. The van der Waals surface area contributed by atoms with Gasteiger partial charge in [-0.15, -0.1) is 11.3 Å². The Balaban J connectivity index is 1.48. The molecule has 1 unspecified atom stereocenters. The van der Waals surface area contributed by atoms with Gasteiger partial charge in [-0.2, -0.15) is 0 Å². The van der Waals surface area contributed by atoms with E-state index in [1.165, 1.54) is 12.8 Å². The molecule has 1 aliphatic carbocycles. The van der Waals surface area contributed by atoms with E-state index in [9.17, 15) is 0 Å². The number of ether oxygens (including phenoxy) is 1. The average Bonchev–Trinajstić information content (AvgIpc) is 3.29. The van der Waals surface area contributed by atoms with Crippen LogP contribution in [0, 0.1) is 5.92 Å². The first-order valence-electron chi connectivity index (χ1n) is 8.15. The lowest BCUT2D eigenvalue weighted by Gasteiger charge is -2.33. The van der Waals surface area contributed by atoms with Gasteiger partial charge in [0.05, 0.1) is 25.8 Å². The number of rotatable bonds is 6. The van der Waals surface area contributed by atoms with Gasteiger partial charge in [0.2, 0.25) is 0 Å². The molecule has 2 aliphatic rings. The van der Waals surface area contributed by atoms with E-state index in [0.29, 0.717) is 6.61 Å². The van der Waals surface area contributed by atoms with Gasteiger partial charge in [-0.25, -0.2) is 15.0 Å². The monoisotopic (exact) mass is 331 g/mol. The number of morpholine rings is 1. The molecule has 122 valence electrons. The van der Waals surface area contributed by atoms with Crippen LogP contribution in [0.2, 0.25) is 0 Å². The molecule has 1 atom stereocenters. The number of hydrogen-bond donors (Lipinski definition) is 1. The summed E-state index contributed by atoms with van der Waals surface area (Å²) in [6, 6.07) is 2.04. The molecule has 2 aromatic rings. The third kappa shape index (κ3) is 3.85. The topological polar surface area (TPSA) is 63.2 Å². The van der Waals surface area contributed by atoms with Crippen LogP contribution in [0.5, 0.6) is 0 Å². The molecule has 0 aromatic carbocycles. The maximum atomic E-state index is 5.67. The second-order valence-electron chi connectivity index (χ2n) is 6.11. The molecule has 0 radical (unpaired) electrons. The third-order valence-corrected chi connectivity index (χ3v) is 5.07. The Morgan fingerprint density at radius 1 is 1.30 bits per heavy atom. The molecule has 1 aliphatic heterocycles. The smallest absolute Gasteiger partial charge is 0.150 e. The molecule has 4 rings (SSSR count). The number of aromatic nitrogens is 3. The third-order valence-electron chi connectivity index (χ3n) is 4.30. The highest BCUT2D eigenvalue weighted by atomic mass is 32.1. The predicted molar refractivity (Wildman–Crippen MR) is 89.3 cm³/mol. The summed E-state index contributed by atoms with van der Waals surface area (Å²) in [6.07, 6.45) is 6.37. The van der Waals surface area contributed by atoms with Crippen LogP contribution >= 0.6 is 11.3 Å². The van der Waals surface area contributed by atoms with E-state index in [-0.39, 0.29) is 6.04 Å². The summed E-state index contributed by atoms with van der Waals surface area (Å²) < 4.78 is 5.67. The summed E-state index contributed by atoms with van der Waals surface area (Å²) in [4.78, 5) is 16.0. The molecule has 0 amide bonds. The Hall–Kier alpha value is -1.57. The largest absolute Gasteiger partial charge is 0.378 e. The molecule has 1 saturated carbocycles. The van der Waals surface area contributed by atoms with Crippen molar-refractivity contribution in [2.75, 3.05) is 31.6 Å². The summed E-state index contributed by atoms with van der Waals surface area (Å²) in [5.41, 5.74) is 0. The maximum absolute atomic E-state index is 5.67. The van der Waals surface area contributed by atoms with Crippen LogP contribution in [0.25, 0.3) is 0 Å². The number of anilines is 1. The minimum atomic E-state index is 0.0929. The summed E-state index contributed by atoms with van der Waals surface area (Å²) >= 11 is 1.69. The molecule has 0 bridgehead atoms.